The Hall–Kier alpha value is -2.20. The molecule has 0 bridgehead atoms. The van der Waals surface area contributed by atoms with Crippen molar-refractivity contribution in [3.8, 4) is 0 Å². The Bertz CT molecular complexity index is 1050. The average Bonchev–Trinajstić information content (AvgIpc) is 2.74. The van der Waals surface area contributed by atoms with E-state index >= 15 is 0 Å². The van der Waals surface area contributed by atoms with Gasteiger partial charge in [0.15, 0.2) is 0 Å². The summed E-state index contributed by atoms with van der Waals surface area (Å²) in [5.74, 6) is -0.801. The number of nitrogens with zero attached hydrogens (tertiary/aromatic N) is 2. The molecule has 1 aliphatic heterocycles. The summed E-state index contributed by atoms with van der Waals surface area (Å²) in [6, 6.07) is 9.68. The molecule has 1 saturated heterocycles. The first-order valence-electron chi connectivity index (χ1n) is 9.03. The van der Waals surface area contributed by atoms with Gasteiger partial charge in [0.2, 0.25) is 10.0 Å². The Balaban J connectivity index is 1.56. The molecule has 1 fully saturated rings. The molecule has 8 nitrogen and oxygen atoms in total. The molecular formula is C19H18Cl2N2O6S. The Labute approximate surface area is 183 Å². The van der Waals surface area contributed by atoms with Crippen molar-refractivity contribution < 1.29 is 22.9 Å². The molecule has 0 N–H and O–H groups in total. The van der Waals surface area contributed by atoms with Crippen LogP contribution >= 0.6 is 23.2 Å². The lowest BCUT2D eigenvalue weighted by Crippen LogP contribution is -2.40. The minimum atomic E-state index is -3.79. The van der Waals surface area contributed by atoms with Gasteiger partial charge >= 0.3 is 5.97 Å². The van der Waals surface area contributed by atoms with Crippen LogP contribution in [0.2, 0.25) is 10.0 Å². The number of rotatable bonds is 6. The quantitative estimate of drug-likeness (QED) is 0.356. The van der Waals surface area contributed by atoms with Crippen molar-refractivity contribution in [3.05, 3.63) is 68.2 Å². The van der Waals surface area contributed by atoms with Gasteiger partial charge < -0.3 is 4.74 Å². The molecule has 0 aliphatic carbocycles. The monoisotopic (exact) mass is 472 g/mol. The van der Waals surface area contributed by atoms with Crippen LogP contribution in [0.15, 0.2) is 47.4 Å². The van der Waals surface area contributed by atoms with E-state index in [4.69, 9.17) is 27.9 Å². The van der Waals surface area contributed by atoms with Gasteiger partial charge in [0.1, 0.15) is 6.61 Å². The van der Waals surface area contributed by atoms with Gasteiger partial charge in [0.25, 0.3) is 5.69 Å². The fourth-order valence-corrected chi connectivity index (χ4v) is 4.91. The first-order chi connectivity index (χ1) is 14.2. The SMILES string of the molecule is O=C(OCc1ccc(Cl)c(Cl)c1)C1CCN(S(=O)(=O)c2ccc([N+](=O)[O-])cc2)CC1. The number of benzene rings is 2. The standard InChI is InChI=1S/C19H18Cl2N2O6S/c20-17-6-1-13(11-18(17)21)12-29-19(24)14-7-9-22(10-8-14)30(27,28)16-4-2-15(3-5-16)23(25)26/h1-6,11,14H,7-10,12H2. The van der Waals surface area contributed by atoms with Crippen molar-refractivity contribution in [1.82, 2.24) is 4.31 Å². The number of esters is 1. The van der Waals surface area contributed by atoms with Crippen LogP contribution in [0.3, 0.4) is 0 Å². The van der Waals surface area contributed by atoms with Crippen LogP contribution < -0.4 is 0 Å². The first-order valence-corrected chi connectivity index (χ1v) is 11.2. The number of halogens is 2. The van der Waals surface area contributed by atoms with Crippen molar-refractivity contribution in [2.24, 2.45) is 5.92 Å². The second kappa shape index (κ2) is 9.30. The average molecular weight is 473 g/mol. The molecule has 0 atom stereocenters. The summed E-state index contributed by atoms with van der Waals surface area (Å²) in [6.45, 7) is 0.370. The minimum absolute atomic E-state index is 0.0197. The maximum Gasteiger partial charge on any atom is 0.309 e. The summed E-state index contributed by atoms with van der Waals surface area (Å²) in [6.07, 6.45) is 0.652. The van der Waals surface area contributed by atoms with Gasteiger partial charge in [-0.2, -0.15) is 4.31 Å². The number of hydrogen-bond acceptors (Lipinski definition) is 6. The normalized spacial score (nSPS) is 15.7. The van der Waals surface area contributed by atoms with Crippen LogP contribution in [-0.4, -0.2) is 36.7 Å². The zero-order valence-corrected chi connectivity index (χ0v) is 18.0. The highest BCUT2D eigenvalue weighted by atomic mass is 35.5. The summed E-state index contributed by atoms with van der Waals surface area (Å²) < 4.78 is 32.1. The molecule has 160 valence electrons. The number of carbonyl (C=O) groups is 1. The molecular weight excluding hydrogens is 455 g/mol. The maximum absolute atomic E-state index is 12.7. The van der Waals surface area contributed by atoms with Gasteiger partial charge in [-0.15, -0.1) is 0 Å². The van der Waals surface area contributed by atoms with Gasteiger partial charge in [-0.05, 0) is 42.7 Å². The second-order valence-corrected chi connectivity index (χ2v) is 9.54. The first kappa shape index (κ1) is 22.5. The van der Waals surface area contributed by atoms with E-state index in [-0.39, 0.29) is 30.3 Å². The molecule has 1 aliphatic rings. The van der Waals surface area contributed by atoms with E-state index < -0.39 is 26.8 Å². The third-order valence-electron chi connectivity index (χ3n) is 4.84. The Morgan fingerprint density at radius 3 is 2.30 bits per heavy atom. The molecule has 3 rings (SSSR count). The van der Waals surface area contributed by atoms with Crippen LogP contribution in [0, 0.1) is 16.0 Å². The second-order valence-electron chi connectivity index (χ2n) is 6.79. The molecule has 0 spiro atoms. The van der Waals surface area contributed by atoms with E-state index in [1.165, 1.54) is 16.4 Å². The van der Waals surface area contributed by atoms with Crippen molar-refractivity contribution in [2.75, 3.05) is 13.1 Å². The number of ether oxygens (including phenoxy) is 1. The molecule has 0 amide bonds. The summed E-state index contributed by atoms with van der Waals surface area (Å²) in [4.78, 5) is 22.5. The third kappa shape index (κ3) is 5.10. The zero-order valence-electron chi connectivity index (χ0n) is 15.7. The highest BCUT2D eigenvalue weighted by molar-refractivity contribution is 7.89. The number of nitro benzene ring substituents is 1. The van der Waals surface area contributed by atoms with Gasteiger partial charge in [-0.25, -0.2) is 8.42 Å². The number of piperidine rings is 1. The van der Waals surface area contributed by atoms with E-state index in [0.717, 1.165) is 12.1 Å². The largest absolute Gasteiger partial charge is 0.461 e. The Morgan fingerprint density at radius 2 is 1.73 bits per heavy atom. The lowest BCUT2D eigenvalue weighted by Gasteiger charge is -2.30. The molecule has 0 radical (unpaired) electrons. The van der Waals surface area contributed by atoms with Gasteiger partial charge in [-0.3, -0.25) is 14.9 Å². The van der Waals surface area contributed by atoms with Crippen LogP contribution in [0.4, 0.5) is 5.69 Å². The van der Waals surface area contributed by atoms with Crippen LogP contribution in [0.1, 0.15) is 18.4 Å². The summed E-state index contributed by atoms with van der Waals surface area (Å²) in [5, 5.41) is 11.5. The molecule has 30 heavy (non-hydrogen) atoms. The maximum atomic E-state index is 12.7. The van der Waals surface area contributed by atoms with Crippen molar-refractivity contribution >= 4 is 44.9 Å². The fraction of sp³-hybridized carbons (Fsp3) is 0.316. The fourth-order valence-electron chi connectivity index (χ4n) is 3.12. The predicted molar refractivity (Wildman–Crippen MR) is 111 cm³/mol. The number of nitro groups is 1. The number of non-ortho nitro benzene ring substituents is 1. The summed E-state index contributed by atoms with van der Waals surface area (Å²) >= 11 is 11.8. The van der Waals surface area contributed by atoms with E-state index in [0.29, 0.717) is 28.5 Å². The molecule has 1 heterocycles. The number of sulfonamides is 1. The van der Waals surface area contributed by atoms with E-state index in [1.54, 1.807) is 18.2 Å². The van der Waals surface area contributed by atoms with Gasteiger partial charge in [-0.1, -0.05) is 29.3 Å². The molecule has 0 saturated carbocycles. The zero-order chi connectivity index (χ0) is 21.9. The lowest BCUT2D eigenvalue weighted by atomic mass is 9.98. The van der Waals surface area contributed by atoms with Crippen LogP contribution in [0.25, 0.3) is 0 Å². The third-order valence-corrected chi connectivity index (χ3v) is 7.49. The van der Waals surface area contributed by atoms with Crippen LogP contribution in [0.5, 0.6) is 0 Å². The topological polar surface area (TPSA) is 107 Å². The Kier molecular flexibility index (Phi) is 6.97. The van der Waals surface area contributed by atoms with E-state index in [1.807, 2.05) is 0 Å². The summed E-state index contributed by atoms with van der Waals surface area (Å²) in [7, 11) is -3.79. The summed E-state index contributed by atoms with van der Waals surface area (Å²) in [5.41, 5.74) is 0.522. The van der Waals surface area contributed by atoms with Crippen molar-refractivity contribution in [2.45, 2.75) is 24.3 Å². The van der Waals surface area contributed by atoms with E-state index in [9.17, 15) is 23.3 Å². The highest BCUT2D eigenvalue weighted by Crippen LogP contribution is 2.27. The van der Waals surface area contributed by atoms with Gasteiger partial charge in [0, 0.05) is 25.2 Å². The van der Waals surface area contributed by atoms with E-state index in [2.05, 4.69) is 0 Å². The molecule has 11 heteroatoms. The number of hydrogen-bond donors (Lipinski definition) is 0. The molecule has 2 aromatic carbocycles. The highest BCUT2D eigenvalue weighted by Gasteiger charge is 2.33. The molecule has 2 aromatic rings. The predicted octanol–water partition coefficient (Wildman–Crippen LogP) is 4.05. The van der Waals surface area contributed by atoms with Crippen LogP contribution in [-0.2, 0) is 26.2 Å². The smallest absolute Gasteiger partial charge is 0.309 e. The van der Waals surface area contributed by atoms with Crippen molar-refractivity contribution in [1.29, 1.82) is 0 Å². The Morgan fingerprint density at radius 1 is 1.10 bits per heavy atom. The van der Waals surface area contributed by atoms with Gasteiger partial charge in [0.05, 0.1) is 25.8 Å². The van der Waals surface area contributed by atoms with Crippen molar-refractivity contribution in [3.63, 3.8) is 0 Å². The molecule has 0 unspecified atom stereocenters. The number of carbonyl (C=O) groups excluding carboxylic acids is 1. The minimum Gasteiger partial charge on any atom is -0.461 e. The lowest BCUT2D eigenvalue weighted by molar-refractivity contribution is -0.384. The molecule has 0 aromatic heterocycles.